The second kappa shape index (κ2) is 4.79. The molecule has 2 atom stereocenters. The fourth-order valence-corrected chi connectivity index (χ4v) is 5.15. The smallest absolute Gasteiger partial charge is 0.266 e. The second-order valence-corrected chi connectivity index (χ2v) is 7.64. The fourth-order valence-electron chi connectivity index (χ4n) is 3.46. The molecule has 2 heterocycles. The Kier molecular flexibility index (Phi) is 2.99. The van der Waals surface area contributed by atoms with Crippen molar-refractivity contribution in [3.05, 3.63) is 42.5 Å². The maximum atomic E-state index is 12.9. The molecule has 4 rings (SSSR count). The lowest BCUT2D eigenvalue weighted by Crippen LogP contribution is -2.40. The molecular formula is C16H16N2O3S. The summed E-state index contributed by atoms with van der Waals surface area (Å²) in [5.74, 6) is -0.310. The summed E-state index contributed by atoms with van der Waals surface area (Å²) >= 11 is 0. The first-order valence-corrected chi connectivity index (χ1v) is 8.81. The van der Waals surface area contributed by atoms with E-state index in [4.69, 9.17) is 0 Å². The number of nitrogens with zero attached hydrogens (tertiary/aromatic N) is 1. The average Bonchev–Trinajstić information content (AvgIpc) is 3.06. The number of benzene rings is 2. The lowest BCUT2D eigenvalue weighted by atomic mass is 10.1. The topological polar surface area (TPSA) is 66.5 Å². The van der Waals surface area contributed by atoms with E-state index in [9.17, 15) is 13.2 Å². The minimum atomic E-state index is -3.79. The molecule has 1 N–H and O–H groups in total. The normalized spacial score (nSPS) is 24.9. The van der Waals surface area contributed by atoms with Crippen LogP contribution in [0.25, 0.3) is 10.8 Å². The Balaban J connectivity index is 1.80. The number of fused-ring (bicyclic) bond motifs is 2. The van der Waals surface area contributed by atoms with Crippen molar-refractivity contribution in [3.8, 4) is 0 Å². The van der Waals surface area contributed by atoms with E-state index in [0.717, 1.165) is 21.6 Å². The van der Waals surface area contributed by atoms with Crippen LogP contribution in [0, 0.1) is 0 Å². The number of nitrogens with one attached hydrogen (secondary N) is 1. The van der Waals surface area contributed by atoms with Crippen molar-refractivity contribution in [1.29, 1.82) is 0 Å². The molecule has 2 aliphatic heterocycles. The first-order chi connectivity index (χ1) is 10.6. The van der Waals surface area contributed by atoms with Crippen LogP contribution < -0.4 is 5.32 Å². The zero-order valence-corrected chi connectivity index (χ0v) is 12.7. The van der Waals surface area contributed by atoms with Gasteiger partial charge in [-0.25, -0.2) is 12.7 Å². The molecule has 0 aromatic heterocycles. The molecule has 2 aromatic carbocycles. The lowest BCUT2D eigenvalue weighted by Gasteiger charge is -2.23. The Morgan fingerprint density at radius 3 is 2.68 bits per heavy atom. The van der Waals surface area contributed by atoms with Crippen LogP contribution in [0.1, 0.15) is 12.8 Å². The van der Waals surface area contributed by atoms with Crippen LogP contribution in [0.15, 0.2) is 47.4 Å². The van der Waals surface area contributed by atoms with Crippen molar-refractivity contribution in [1.82, 2.24) is 9.62 Å². The molecule has 0 bridgehead atoms. The standard InChI is InChI=1S/C16H16N2O3S/c19-16-10-14-15(7-8-17-14)18(16)22(20,21)13-6-5-11-3-1-2-4-12(11)9-13/h1-6,9,14-15,17H,7-8,10H2. The van der Waals surface area contributed by atoms with E-state index in [1.165, 1.54) is 0 Å². The average molecular weight is 316 g/mol. The van der Waals surface area contributed by atoms with Crippen molar-refractivity contribution < 1.29 is 13.2 Å². The first-order valence-electron chi connectivity index (χ1n) is 7.37. The van der Waals surface area contributed by atoms with Crippen LogP contribution in [0.5, 0.6) is 0 Å². The molecule has 2 fully saturated rings. The third-order valence-corrected chi connectivity index (χ3v) is 6.37. The van der Waals surface area contributed by atoms with E-state index in [2.05, 4.69) is 5.32 Å². The van der Waals surface area contributed by atoms with Gasteiger partial charge in [0.05, 0.1) is 10.9 Å². The van der Waals surface area contributed by atoms with E-state index < -0.39 is 10.0 Å². The molecule has 5 nitrogen and oxygen atoms in total. The van der Waals surface area contributed by atoms with Gasteiger partial charge in [-0.05, 0) is 35.9 Å². The number of hydrogen-bond acceptors (Lipinski definition) is 4. The van der Waals surface area contributed by atoms with Crippen molar-refractivity contribution in [2.45, 2.75) is 29.8 Å². The summed E-state index contributed by atoms with van der Waals surface area (Å²) in [4.78, 5) is 12.4. The summed E-state index contributed by atoms with van der Waals surface area (Å²) in [6, 6.07) is 12.3. The highest BCUT2D eigenvalue weighted by Crippen LogP contribution is 2.32. The van der Waals surface area contributed by atoms with Crippen molar-refractivity contribution >= 4 is 26.7 Å². The molecule has 114 valence electrons. The Morgan fingerprint density at radius 1 is 1.09 bits per heavy atom. The SMILES string of the molecule is O=C1CC2NCCC2N1S(=O)(=O)c1ccc2ccccc2c1. The molecule has 2 unspecified atom stereocenters. The predicted molar refractivity (Wildman–Crippen MR) is 82.8 cm³/mol. The fraction of sp³-hybridized carbons (Fsp3) is 0.312. The van der Waals surface area contributed by atoms with Crippen LogP contribution in [0.4, 0.5) is 0 Å². The molecule has 1 amide bonds. The Labute approximate surface area is 129 Å². The molecule has 6 heteroatoms. The van der Waals surface area contributed by atoms with Crippen LogP contribution in [-0.4, -0.2) is 37.3 Å². The quantitative estimate of drug-likeness (QED) is 0.911. The molecule has 0 saturated carbocycles. The number of carbonyl (C=O) groups excluding carboxylic acids is 1. The summed E-state index contributed by atoms with van der Waals surface area (Å²) in [6.45, 7) is 0.756. The number of hydrogen-bond donors (Lipinski definition) is 1. The third-order valence-electron chi connectivity index (χ3n) is 4.53. The van der Waals surface area contributed by atoms with Crippen LogP contribution in [-0.2, 0) is 14.8 Å². The maximum absolute atomic E-state index is 12.9. The van der Waals surface area contributed by atoms with Gasteiger partial charge in [0, 0.05) is 12.5 Å². The summed E-state index contributed by atoms with van der Waals surface area (Å²) < 4.78 is 26.9. The Morgan fingerprint density at radius 2 is 1.86 bits per heavy atom. The second-order valence-electron chi connectivity index (χ2n) is 5.82. The van der Waals surface area contributed by atoms with E-state index in [0.29, 0.717) is 6.42 Å². The van der Waals surface area contributed by atoms with Crippen molar-refractivity contribution in [3.63, 3.8) is 0 Å². The Bertz CT molecular complexity index is 863. The highest BCUT2D eigenvalue weighted by molar-refractivity contribution is 7.89. The van der Waals surface area contributed by atoms with Crippen LogP contribution in [0.2, 0.25) is 0 Å². The van der Waals surface area contributed by atoms with Gasteiger partial charge in [0.25, 0.3) is 10.0 Å². The minimum Gasteiger partial charge on any atom is -0.311 e. The first kappa shape index (κ1) is 13.7. The molecule has 2 saturated heterocycles. The van der Waals surface area contributed by atoms with Gasteiger partial charge >= 0.3 is 0 Å². The van der Waals surface area contributed by atoms with Gasteiger partial charge in [-0.2, -0.15) is 0 Å². The number of carbonyl (C=O) groups is 1. The molecule has 0 aliphatic carbocycles. The zero-order chi connectivity index (χ0) is 15.3. The summed E-state index contributed by atoms with van der Waals surface area (Å²) in [7, 11) is -3.79. The predicted octanol–water partition coefficient (Wildman–Crippen LogP) is 1.49. The van der Waals surface area contributed by atoms with Gasteiger partial charge in [0.15, 0.2) is 0 Å². The molecular weight excluding hydrogens is 300 g/mol. The number of rotatable bonds is 2. The number of sulfonamides is 1. The molecule has 2 aromatic rings. The molecule has 0 spiro atoms. The number of amides is 1. The molecule has 22 heavy (non-hydrogen) atoms. The van der Waals surface area contributed by atoms with Crippen LogP contribution in [0.3, 0.4) is 0 Å². The lowest BCUT2D eigenvalue weighted by molar-refractivity contribution is -0.124. The van der Waals surface area contributed by atoms with Gasteiger partial charge in [-0.1, -0.05) is 30.3 Å². The minimum absolute atomic E-state index is 0.0391. The highest BCUT2D eigenvalue weighted by atomic mass is 32.2. The zero-order valence-electron chi connectivity index (χ0n) is 11.9. The summed E-state index contributed by atoms with van der Waals surface area (Å²) in [5.41, 5.74) is 0. The van der Waals surface area contributed by atoms with Gasteiger partial charge in [-0.3, -0.25) is 4.79 Å². The summed E-state index contributed by atoms with van der Waals surface area (Å²) in [5, 5.41) is 5.04. The monoisotopic (exact) mass is 316 g/mol. The van der Waals surface area contributed by atoms with Gasteiger partial charge in [0.1, 0.15) is 0 Å². The third kappa shape index (κ3) is 1.94. The van der Waals surface area contributed by atoms with Crippen LogP contribution >= 0.6 is 0 Å². The molecule has 2 aliphatic rings. The van der Waals surface area contributed by atoms with Gasteiger partial charge in [0.2, 0.25) is 5.91 Å². The summed E-state index contributed by atoms with van der Waals surface area (Å²) in [6.07, 6.45) is 0.945. The highest BCUT2D eigenvalue weighted by Gasteiger charge is 2.48. The Hall–Kier alpha value is -1.92. The van der Waals surface area contributed by atoms with Gasteiger partial charge < -0.3 is 5.32 Å². The van der Waals surface area contributed by atoms with E-state index in [1.807, 2.05) is 24.3 Å². The van der Waals surface area contributed by atoms with Crippen molar-refractivity contribution in [2.75, 3.05) is 6.54 Å². The van der Waals surface area contributed by atoms with E-state index >= 15 is 0 Å². The largest absolute Gasteiger partial charge is 0.311 e. The van der Waals surface area contributed by atoms with Crippen molar-refractivity contribution in [2.24, 2.45) is 0 Å². The molecule has 0 radical (unpaired) electrons. The van der Waals surface area contributed by atoms with E-state index in [-0.39, 0.29) is 29.3 Å². The van der Waals surface area contributed by atoms with Gasteiger partial charge in [-0.15, -0.1) is 0 Å². The van der Waals surface area contributed by atoms with E-state index in [1.54, 1.807) is 18.2 Å². The maximum Gasteiger partial charge on any atom is 0.266 e.